The predicted octanol–water partition coefficient (Wildman–Crippen LogP) is 5.06. The molecule has 6 heteroatoms. The molecular weight excluding hydrogens is 349 g/mol. The SMILES string of the molecule is Cc1cc(Cl)ccc1OC(=O)Cc1csc(-c2ccc(F)cc2)n1. The van der Waals surface area contributed by atoms with E-state index < -0.39 is 5.97 Å². The Balaban J connectivity index is 1.68. The minimum Gasteiger partial charge on any atom is -0.426 e. The second-order valence-corrected chi connectivity index (χ2v) is 6.51. The van der Waals surface area contributed by atoms with Gasteiger partial charge in [-0.25, -0.2) is 9.37 Å². The lowest BCUT2D eigenvalue weighted by Gasteiger charge is -2.06. The summed E-state index contributed by atoms with van der Waals surface area (Å²) in [5, 5.41) is 3.13. The van der Waals surface area contributed by atoms with Gasteiger partial charge in [0.05, 0.1) is 12.1 Å². The van der Waals surface area contributed by atoms with Crippen molar-refractivity contribution in [1.82, 2.24) is 4.98 Å². The Bertz CT molecular complexity index is 877. The van der Waals surface area contributed by atoms with Crippen molar-refractivity contribution in [3.63, 3.8) is 0 Å². The highest BCUT2D eigenvalue weighted by atomic mass is 35.5. The van der Waals surface area contributed by atoms with E-state index in [1.165, 1.54) is 23.5 Å². The van der Waals surface area contributed by atoms with Gasteiger partial charge in [0.2, 0.25) is 0 Å². The third-order valence-electron chi connectivity index (χ3n) is 3.33. The van der Waals surface area contributed by atoms with Gasteiger partial charge in [-0.15, -0.1) is 11.3 Å². The fourth-order valence-corrected chi connectivity index (χ4v) is 3.20. The maximum Gasteiger partial charge on any atom is 0.317 e. The van der Waals surface area contributed by atoms with Crippen molar-refractivity contribution >= 4 is 28.9 Å². The van der Waals surface area contributed by atoms with E-state index in [9.17, 15) is 9.18 Å². The van der Waals surface area contributed by atoms with Gasteiger partial charge in [0, 0.05) is 16.0 Å². The number of benzene rings is 2. The summed E-state index contributed by atoms with van der Waals surface area (Å²) in [6.07, 6.45) is 0.0692. The van der Waals surface area contributed by atoms with Crippen LogP contribution in [0.4, 0.5) is 4.39 Å². The quantitative estimate of drug-likeness (QED) is 0.481. The highest BCUT2D eigenvalue weighted by Crippen LogP contribution is 2.25. The molecule has 3 aromatic rings. The molecule has 0 aliphatic heterocycles. The van der Waals surface area contributed by atoms with E-state index >= 15 is 0 Å². The number of hydrogen-bond acceptors (Lipinski definition) is 4. The predicted molar refractivity (Wildman–Crippen MR) is 93.0 cm³/mol. The number of esters is 1. The molecule has 3 rings (SSSR count). The number of carbonyl (C=O) groups is 1. The molecule has 0 aliphatic rings. The first kappa shape index (κ1) is 16.6. The Morgan fingerprint density at radius 3 is 2.71 bits per heavy atom. The summed E-state index contributed by atoms with van der Waals surface area (Å²) < 4.78 is 18.3. The van der Waals surface area contributed by atoms with Crippen molar-refractivity contribution in [2.45, 2.75) is 13.3 Å². The van der Waals surface area contributed by atoms with Crippen molar-refractivity contribution < 1.29 is 13.9 Å². The minimum absolute atomic E-state index is 0.0692. The van der Waals surface area contributed by atoms with Gasteiger partial charge in [-0.1, -0.05) is 11.6 Å². The summed E-state index contributed by atoms with van der Waals surface area (Å²) >= 11 is 7.28. The highest BCUT2D eigenvalue weighted by molar-refractivity contribution is 7.13. The average Bonchev–Trinajstić information content (AvgIpc) is 2.99. The highest BCUT2D eigenvalue weighted by Gasteiger charge is 2.12. The first-order valence-corrected chi connectivity index (χ1v) is 8.44. The zero-order chi connectivity index (χ0) is 17.1. The van der Waals surface area contributed by atoms with Gasteiger partial charge in [0.15, 0.2) is 0 Å². The minimum atomic E-state index is -0.392. The molecule has 122 valence electrons. The second-order valence-electron chi connectivity index (χ2n) is 5.21. The first-order valence-electron chi connectivity index (χ1n) is 7.18. The molecule has 1 heterocycles. The number of aromatic nitrogens is 1. The molecule has 0 N–H and O–H groups in total. The molecule has 24 heavy (non-hydrogen) atoms. The van der Waals surface area contributed by atoms with Gasteiger partial charge in [0.1, 0.15) is 16.6 Å². The third-order valence-corrected chi connectivity index (χ3v) is 4.50. The van der Waals surface area contributed by atoms with Crippen molar-refractivity contribution in [3.8, 4) is 16.3 Å². The Hall–Kier alpha value is -2.24. The fourth-order valence-electron chi connectivity index (χ4n) is 2.15. The molecule has 3 nitrogen and oxygen atoms in total. The van der Waals surface area contributed by atoms with Gasteiger partial charge in [-0.3, -0.25) is 4.79 Å². The van der Waals surface area contributed by atoms with Gasteiger partial charge < -0.3 is 4.74 Å². The molecule has 0 bridgehead atoms. The summed E-state index contributed by atoms with van der Waals surface area (Å²) in [4.78, 5) is 16.5. The van der Waals surface area contributed by atoms with Crippen molar-refractivity contribution in [3.05, 3.63) is 69.9 Å². The van der Waals surface area contributed by atoms with Crippen LogP contribution in [-0.4, -0.2) is 11.0 Å². The first-order chi connectivity index (χ1) is 11.5. The van der Waals surface area contributed by atoms with Crippen LogP contribution in [0.3, 0.4) is 0 Å². The Morgan fingerprint density at radius 1 is 1.25 bits per heavy atom. The van der Waals surface area contributed by atoms with Crippen molar-refractivity contribution in [2.75, 3.05) is 0 Å². The van der Waals surface area contributed by atoms with Crippen LogP contribution >= 0.6 is 22.9 Å². The van der Waals surface area contributed by atoms with Gasteiger partial charge in [-0.05, 0) is 55.0 Å². The van der Waals surface area contributed by atoms with Crippen molar-refractivity contribution in [2.24, 2.45) is 0 Å². The van der Waals surface area contributed by atoms with E-state index in [0.717, 1.165) is 16.1 Å². The molecule has 0 spiro atoms. The number of thiazole rings is 1. The van der Waals surface area contributed by atoms with Crippen molar-refractivity contribution in [1.29, 1.82) is 0 Å². The number of carbonyl (C=O) groups excluding carboxylic acids is 1. The Morgan fingerprint density at radius 2 is 2.00 bits per heavy atom. The van der Waals surface area contributed by atoms with E-state index in [0.29, 0.717) is 16.5 Å². The molecule has 0 unspecified atom stereocenters. The van der Waals surface area contributed by atoms with E-state index in [1.54, 1.807) is 35.7 Å². The molecule has 0 aliphatic carbocycles. The Labute approximate surface area is 147 Å². The van der Waals surface area contributed by atoms with Crippen LogP contribution in [0, 0.1) is 12.7 Å². The van der Waals surface area contributed by atoms with E-state index in [1.807, 2.05) is 6.92 Å². The van der Waals surface area contributed by atoms with Crippen LogP contribution in [0.1, 0.15) is 11.3 Å². The molecule has 0 fully saturated rings. The summed E-state index contributed by atoms with van der Waals surface area (Å²) in [5.74, 6) is -0.202. The zero-order valence-electron chi connectivity index (χ0n) is 12.8. The largest absolute Gasteiger partial charge is 0.426 e. The van der Waals surface area contributed by atoms with Crippen LogP contribution in [0.2, 0.25) is 5.02 Å². The van der Waals surface area contributed by atoms with Gasteiger partial charge >= 0.3 is 5.97 Å². The van der Waals surface area contributed by atoms with Crippen LogP contribution in [0.25, 0.3) is 10.6 Å². The lowest BCUT2D eigenvalue weighted by Crippen LogP contribution is -2.12. The van der Waals surface area contributed by atoms with Crippen LogP contribution < -0.4 is 4.74 Å². The topological polar surface area (TPSA) is 39.2 Å². The van der Waals surface area contributed by atoms with E-state index in [4.69, 9.17) is 16.3 Å². The summed E-state index contributed by atoms with van der Waals surface area (Å²) in [5.41, 5.74) is 2.23. The van der Waals surface area contributed by atoms with Gasteiger partial charge in [0.25, 0.3) is 0 Å². The number of ether oxygens (including phenoxy) is 1. The monoisotopic (exact) mass is 361 g/mol. The normalized spacial score (nSPS) is 10.6. The molecule has 0 saturated heterocycles. The molecule has 0 atom stereocenters. The maximum atomic E-state index is 13.0. The fraction of sp³-hybridized carbons (Fsp3) is 0.111. The van der Waals surface area contributed by atoms with Crippen LogP contribution in [0.5, 0.6) is 5.75 Å². The Kier molecular flexibility index (Phi) is 4.92. The average molecular weight is 362 g/mol. The molecule has 2 aromatic carbocycles. The smallest absolute Gasteiger partial charge is 0.317 e. The molecule has 0 radical (unpaired) electrons. The molecule has 1 aromatic heterocycles. The second kappa shape index (κ2) is 7.11. The summed E-state index contributed by atoms with van der Waals surface area (Å²) in [6.45, 7) is 1.82. The molecule has 0 saturated carbocycles. The number of halogens is 2. The molecular formula is C18H13ClFNO2S. The van der Waals surface area contributed by atoms with E-state index in [-0.39, 0.29) is 12.2 Å². The molecule has 0 amide bonds. The maximum absolute atomic E-state index is 13.0. The summed E-state index contributed by atoms with van der Waals surface area (Å²) in [7, 11) is 0. The third kappa shape index (κ3) is 3.99. The lowest BCUT2D eigenvalue weighted by molar-refractivity contribution is -0.133. The number of hydrogen-bond donors (Lipinski definition) is 0. The van der Waals surface area contributed by atoms with E-state index in [2.05, 4.69) is 4.98 Å². The standard InChI is InChI=1S/C18H13ClFNO2S/c1-11-8-13(19)4-7-16(11)23-17(22)9-15-10-24-18(21-15)12-2-5-14(20)6-3-12/h2-8,10H,9H2,1H3. The zero-order valence-corrected chi connectivity index (χ0v) is 14.3. The van der Waals surface area contributed by atoms with Crippen LogP contribution in [0.15, 0.2) is 47.8 Å². The number of aryl methyl sites for hydroxylation is 1. The number of nitrogens with zero attached hydrogens (tertiary/aromatic N) is 1. The number of rotatable bonds is 4. The lowest BCUT2D eigenvalue weighted by atomic mass is 10.2. The summed E-state index contributed by atoms with van der Waals surface area (Å²) in [6, 6.07) is 11.2. The van der Waals surface area contributed by atoms with Gasteiger partial charge in [-0.2, -0.15) is 0 Å². The van der Waals surface area contributed by atoms with Crippen LogP contribution in [-0.2, 0) is 11.2 Å².